The van der Waals surface area contributed by atoms with E-state index >= 15 is 0 Å². The first-order valence-electron chi connectivity index (χ1n) is 19.9. The standard InChI is InChI=1S/C50H48N4O6/c1-32-12-13-37(47-41-21-19-39(53(3)4)30-45(41)60-46-31-40(54(5)6)20-22-42(46)47)29-44(32)59-27-26-58-43-23-18-38(28-33(43)2)50(57)52-25-24-51-49(56)36-16-14-35(15-17-36)48(55)34-10-8-7-9-11-34/h7-23,28-31H,24-27H2,1-6H3,(H-,51,52,56,57)/p+1. The van der Waals surface area contributed by atoms with Crippen LogP contribution in [0.3, 0.4) is 0 Å². The quantitative estimate of drug-likeness (QED) is 0.0501. The third-order valence-corrected chi connectivity index (χ3v) is 10.4. The van der Waals surface area contributed by atoms with Gasteiger partial charge in [-0.3, -0.25) is 14.4 Å². The minimum absolute atomic E-state index is 0.107. The van der Waals surface area contributed by atoms with Crippen LogP contribution in [0.2, 0.25) is 0 Å². The van der Waals surface area contributed by atoms with Gasteiger partial charge in [0.15, 0.2) is 5.78 Å². The Balaban J connectivity index is 0.932. The molecule has 2 N–H and O–H groups in total. The Kier molecular flexibility index (Phi) is 12.4. The monoisotopic (exact) mass is 801 g/mol. The number of nitrogens with one attached hydrogen (secondary N) is 2. The van der Waals surface area contributed by atoms with E-state index < -0.39 is 0 Å². The fourth-order valence-corrected chi connectivity index (χ4v) is 6.99. The summed E-state index contributed by atoms with van der Waals surface area (Å²) >= 11 is 0. The van der Waals surface area contributed by atoms with Crippen LogP contribution >= 0.6 is 0 Å². The van der Waals surface area contributed by atoms with E-state index in [0.717, 1.165) is 61.3 Å². The molecule has 1 aliphatic heterocycles. The lowest BCUT2D eigenvalue weighted by Crippen LogP contribution is -2.34. The number of anilines is 1. The summed E-state index contributed by atoms with van der Waals surface area (Å²) in [4.78, 5) is 40.3. The van der Waals surface area contributed by atoms with Gasteiger partial charge in [0, 0.05) is 83.8 Å². The van der Waals surface area contributed by atoms with E-state index in [4.69, 9.17) is 13.9 Å². The third-order valence-electron chi connectivity index (χ3n) is 10.4. The molecule has 0 radical (unpaired) electrons. The first-order chi connectivity index (χ1) is 29.0. The summed E-state index contributed by atoms with van der Waals surface area (Å²) in [6.07, 6.45) is 0. The number of carbonyl (C=O) groups is 3. The third kappa shape index (κ3) is 9.23. The van der Waals surface area contributed by atoms with E-state index in [1.165, 1.54) is 0 Å². The van der Waals surface area contributed by atoms with Gasteiger partial charge >= 0.3 is 0 Å². The minimum Gasteiger partial charge on any atom is -0.490 e. The molecule has 10 heteroatoms. The van der Waals surface area contributed by atoms with Crippen molar-refractivity contribution in [2.45, 2.75) is 13.8 Å². The van der Waals surface area contributed by atoms with Gasteiger partial charge in [0.05, 0.1) is 6.07 Å². The highest BCUT2D eigenvalue weighted by atomic mass is 16.5. The van der Waals surface area contributed by atoms with Crippen LogP contribution in [0, 0.1) is 13.8 Å². The van der Waals surface area contributed by atoms with Crippen molar-refractivity contribution in [3.05, 3.63) is 166 Å². The molecule has 0 bridgehead atoms. The molecule has 0 unspecified atom stereocenters. The molecule has 0 aromatic heterocycles. The molecule has 0 spiro atoms. The van der Waals surface area contributed by atoms with Gasteiger partial charge < -0.3 is 29.4 Å². The maximum absolute atomic E-state index is 12.9. The van der Waals surface area contributed by atoms with Gasteiger partial charge in [-0.2, -0.15) is 0 Å². The van der Waals surface area contributed by atoms with Crippen LogP contribution in [0.4, 0.5) is 5.69 Å². The number of aryl methyl sites for hydroxylation is 2. The summed E-state index contributed by atoms with van der Waals surface area (Å²) < 4.78 is 21.0. The molecule has 1 aliphatic carbocycles. The number of amides is 2. The lowest BCUT2D eigenvalue weighted by Gasteiger charge is -2.19. The number of ketones is 1. The van der Waals surface area contributed by atoms with Crippen molar-refractivity contribution in [2.24, 2.45) is 0 Å². The van der Waals surface area contributed by atoms with Crippen LogP contribution in [-0.2, 0) is 0 Å². The molecule has 7 rings (SSSR count). The van der Waals surface area contributed by atoms with Crippen molar-refractivity contribution in [1.29, 1.82) is 0 Å². The number of nitrogens with zero attached hydrogens (tertiary/aromatic N) is 2. The Bertz CT molecular complexity index is 2730. The lowest BCUT2D eigenvalue weighted by atomic mass is 9.93. The average molecular weight is 802 g/mol. The number of benzene rings is 6. The summed E-state index contributed by atoms with van der Waals surface area (Å²) in [6.45, 7) is 5.02. The van der Waals surface area contributed by atoms with Gasteiger partial charge in [-0.1, -0.05) is 54.6 Å². The molecular formula is C50H49N4O6+. The Morgan fingerprint density at radius 1 is 0.633 bits per heavy atom. The highest BCUT2D eigenvalue weighted by Gasteiger charge is 2.20. The van der Waals surface area contributed by atoms with E-state index in [0.29, 0.717) is 41.2 Å². The van der Waals surface area contributed by atoms with Crippen molar-refractivity contribution in [1.82, 2.24) is 15.2 Å². The Morgan fingerprint density at radius 3 is 1.97 bits per heavy atom. The second-order valence-corrected chi connectivity index (χ2v) is 15.1. The van der Waals surface area contributed by atoms with Crippen molar-refractivity contribution in [3.8, 4) is 33.9 Å². The van der Waals surface area contributed by atoms with Gasteiger partial charge in [0.25, 0.3) is 11.8 Å². The second-order valence-electron chi connectivity index (χ2n) is 15.1. The zero-order valence-corrected chi connectivity index (χ0v) is 34.8. The zero-order valence-electron chi connectivity index (χ0n) is 34.8. The van der Waals surface area contributed by atoms with Crippen LogP contribution in [0.25, 0.3) is 33.4 Å². The second kappa shape index (κ2) is 18.2. The van der Waals surface area contributed by atoms with Gasteiger partial charge in [0.1, 0.15) is 50.2 Å². The molecule has 0 saturated heterocycles. The Labute approximate surface area is 350 Å². The van der Waals surface area contributed by atoms with Gasteiger partial charge in [-0.05, 0) is 85.1 Å². The van der Waals surface area contributed by atoms with Crippen LogP contribution in [0.5, 0.6) is 11.5 Å². The summed E-state index contributed by atoms with van der Waals surface area (Å²) in [5.41, 5.74) is 8.79. The smallest absolute Gasteiger partial charge is 0.251 e. The molecule has 2 aliphatic rings. The number of ether oxygens (including phenoxy) is 2. The molecule has 304 valence electrons. The van der Waals surface area contributed by atoms with Gasteiger partial charge in [-0.15, -0.1) is 0 Å². The number of carbonyl (C=O) groups excluding carboxylic acids is 3. The Hall–Kier alpha value is -7.20. The van der Waals surface area contributed by atoms with Crippen molar-refractivity contribution in [2.75, 3.05) is 59.4 Å². The molecule has 2 amide bonds. The van der Waals surface area contributed by atoms with Crippen LogP contribution in [0.1, 0.15) is 47.8 Å². The number of hydrogen-bond donors (Lipinski definition) is 2. The molecule has 60 heavy (non-hydrogen) atoms. The SMILES string of the molecule is Cc1cc(C(=O)NCCNC(=O)c2ccc(C(=O)c3ccccc3)cc2)ccc1OCCOc1cc(-c2c3ccc(=[N+](C)C)cc-3oc3cc(N(C)C)ccc23)ccc1C. The highest BCUT2D eigenvalue weighted by Crippen LogP contribution is 2.42. The van der Waals surface area contributed by atoms with E-state index in [-0.39, 0.29) is 30.7 Å². The van der Waals surface area contributed by atoms with Crippen molar-refractivity contribution >= 4 is 34.3 Å². The molecule has 0 fully saturated rings. The van der Waals surface area contributed by atoms with Crippen LogP contribution in [-0.4, -0.2) is 72.1 Å². The molecular weight excluding hydrogens is 753 g/mol. The molecule has 0 saturated carbocycles. The molecule has 1 heterocycles. The first kappa shape index (κ1) is 41.0. The van der Waals surface area contributed by atoms with Crippen molar-refractivity contribution < 1.29 is 28.3 Å². The van der Waals surface area contributed by atoms with Gasteiger partial charge in [0.2, 0.25) is 5.36 Å². The fraction of sp³-hybridized carbons (Fsp3) is 0.200. The first-order valence-corrected chi connectivity index (χ1v) is 19.9. The predicted octanol–water partition coefficient (Wildman–Crippen LogP) is 7.77. The zero-order chi connectivity index (χ0) is 42.3. The number of fused-ring (bicyclic) bond motifs is 2. The summed E-state index contributed by atoms with van der Waals surface area (Å²) in [7, 11) is 8.08. The number of hydrogen-bond acceptors (Lipinski definition) is 7. The largest absolute Gasteiger partial charge is 0.490 e. The molecule has 0 atom stereocenters. The van der Waals surface area contributed by atoms with E-state index in [9.17, 15) is 14.4 Å². The normalized spacial score (nSPS) is 11.0. The molecule has 5 aromatic carbocycles. The van der Waals surface area contributed by atoms with Crippen LogP contribution < -0.4 is 34.9 Å². The van der Waals surface area contributed by atoms with E-state index in [1.54, 1.807) is 54.6 Å². The summed E-state index contributed by atoms with van der Waals surface area (Å²) in [5.74, 6) is 1.57. The molecule has 10 nitrogen and oxygen atoms in total. The van der Waals surface area contributed by atoms with E-state index in [2.05, 4.69) is 74.7 Å². The summed E-state index contributed by atoms with van der Waals surface area (Å²) in [6, 6.07) is 39.7. The Morgan fingerprint density at radius 2 is 1.28 bits per heavy atom. The summed E-state index contributed by atoms with van der Waals surface area (Å²) in [5, 5.41) is 7.73. The van der Waals surface area contributed by atoms with Crippen LogP contribution in [0.15, 0.2) is 132 Å². The maximum Gasteiger partial charge on any atom is 0.251 e. The predicted molar refractivity (Wildman–Crippen MR) is 238 cm³/mol. The average Bonchev–Trinajstić information content (AvgIpc) is 3.26. The highest BCUT2D eigenvalue weighted by molar-refractivity contribution is 6.09. The topological polar surface area (TPSA) is 113 Å². The molecule has 5 aromatic rings. The minimum atomic E-state index is -0.292. The lowest BCUT2D eigenvalue weighted by molar-refractivity contribution is 0.0927. The number of rotatable bonds is 14. The van der Waals surface area contributed by atoms with E-state index in [1.807, 2.05) is 60.2 Å². The fourth-order valence-electron chi connectivity index (χ4n) is 6.99. The maximum atomic E-state index is 12.9. The van der Waals surface area contributed by atoms with Crippen molar-refractivity contribution in [3.63, 3.8) is 0 Å². The van der Waals surface area contributed by atoms with Gasteiger partial charge in [-0.25, -0.2) is 4.58 Å².